The Bertz CT molecular complexity index is 1180. The highest BCUT2D eigenvalue weighted by molar-refractivity contribution is 6.30. The molecule has 160 valence electrons. The first kappa shape index (κ1) is 20.6. The smallest absolute Gasteiger partial charge is 0.128 e. The van der Waals surface area contributed by atoms with Crippen LogP contribution in [-0.2, 0) is 0 Å². The molecule has 3 atom stereocenters. The fourth-order valence-corrected chi connectivity index (χ4v) is 4.87. The van der Waals surface area contributed by atoms with Crippen LogP contribution in [-0.4, -0.2) is 12.8 Å². The predicted molar refractivity (Wildman–Crippen MR) is 134 cm³/mol. The summed E-state index contributed by atoms with van der Waals surface area (Å²) in [5.74, 6) is 1.75. The standard InChI is InChI=1S/C28H25ClN2O/c1-2-16-32-27-15-12-21(29)17-20(27)18-30-22-13-10-19(11-14-22)28-25-8-5-7-23(25)24-6-3-4-9-26(24)31-28/h2-7,9-15,17-18,23,25,28,31H,1,8,16H2/t23-,25+,28-/m0/s1. The molecule has 0 spiro atoms. The summed E-state index contributed by atoms with van der Waals surface area (Å²) in [6, 6.07) is 23.0. The molecule has 0 amide bonds. The van der Waals surface area contributed by atoms with Crippen LogP contribution < -0.4 is 10.1 Å². The summed E-state index contributed by atoms with van der Waals surface area (Å²) in [6.45, 7) is 4.14. The molecule has 1 aliphatic heterocycles. The summed E-state index contributed by atoms with van der Waals surface area (Å²) >= 11 is 6.17. The van der Waals surface area contributed by atoms with Gasteiger partial charge in [0.2, 0.25) is 0 Å². The number of anilines is 1. The van der Waals surface area contributed by atoms with Gasteiger partial charge in [-0.15, -0.1) is 0 Å². The lowest BCUT2D eigenvalue weighted by atomic mass is 9.77. The summed E-state index contributed by atoms with van der Waals surface area (Å²) < 4.78 is 5.71. The maximum Gasteiger partial charge on any atom is 0.128 e. The average Bonchev–Trinajstić information content (AvgIpc) is 3.32. The monoisotopic (exact) mass is 440 g/mol. The van der Waals surface area contributed by atoms with Crippen molar-refractivity contribution in [3.63, 3.8) is 0 Å². The predicted octanol–water partition coefficient (Wildman–Crippen LogP) is 7.48. The molecule has 1 N–H and O–H groups in total. The second-order valence-electron chi connectivity index (χ2n) is 8.19. The highest BCUT2D eigenvalue weighted by atomic mass is 35.5. The summed E-state index contributed by atoms with van der Waals surface area (Å²) in [5.41, 5.74) is 5.66. The first-order valence-electron chi connectivity index (χ1n) is 10.9. The number of nitrogens with one attached hydrogen (secondary N) is 1. The number of hydrogen-bond donors (Lipinski definition) is 1. The highest BCUT2D eigenvalue weighted by Gasteiger charge is 2.37. The van der Waals surface area contributed by atoms with E-state index in [0.29, 0.717) is 23.5 Å². The van der Waals surface area contributed by atoms with Crippen molar-refractivity contribution < 1.29 is 4.74 Å². The molecular weight excluding hydrogens is 416 g/mol. The molecular formula is C28H25ClN2O. The van der Waals surface area contributed by atoms with Gasteiger partial charge >= 0.3 is 0 Å². The molecule has 1 aliphatic carbocycles. The minimum atomic E-state index is 0.287. The summed E-state index contributed by atoms with van der Waals surface area (Å²) in [6.07, 6.45) is 9.30. The zero-order valence-electron chi connectivity index (χ0n) is 17.7. The van der Waals surface area contributed by atoms with Crippen LogP contribution in [0.5, 0.6) is 5.75 Å². The lowest BCUT2D eigenvalue weighted by molar-refractivity contribution is 0.363. The lowest BCUT2D eigenvalue weighted by Gasteiger charge is -2.37. The minimum Gasteiger partial charge on any atom is -0.489 e. The van der Waals surface area contributed by atoms with E-state index in [9.17, 15) is 0 Å². The molecule has 0 saturated heterocycles. The Hall–Kier alpha value is -3.30. The van der Waals surface area contributed by atoms with Gasteiger partial charge < -0.3 is 10.1 Å². The summed E-state index contributed by atoms with van der Waals surface area (Å²) in [4.78, 5) is 4.65. The van der Waals surface area contributed by atoms with Gasteiger partial charge in [-0.25, -0.2) is 0 Å². The number of nitrogens with zero attached hydrogens (tertiary/aromatic N) is 1. The molecule has 0 aromatic heterocycles. The molecule has 0 unspecified atom stereocenters. The number of ether oxygens (including phenoxy) is 1. The molecule has 0 saturated carbocycles. The zero-order chi connectivity index (χ0) is 21.9. The van der Waals surface area contributed by atoms with E-state index in [4.69, 9.17) is 16.3 Å². The van der Waals surface area contributed by atoms with Crippen LogP contribution in [0.25, 0.3) is 0 Å². The molecule has 3 aromatic carbocycles. The first-order valence-corrected chi connectivity index (χ1v) is 11.3. The number of para-hydroxylation sites is 1. The van der Waals surface area contributed by atoms with Gasteiger partial charge in [-0.05, 0) is 59.9 Å². The summed E-state index contributed by atoms with van der Waals surface area (Å²) in [5, 5.41) is 4.43. The normalized spacial score (nSPS) is 21.1. The minimum absolute atomic E-state index is 0.287. The SMILES string of the molecule is C=CCOc1ccc(Cl)cc1C=Nc1ccc([C@@H]2Nc3ccccc3[C@@H]3C=CC[C@H]32)cc1. The van der Waals surface area contributed by atoms with Crippen molar-refractivity contribution in [2.24, 2.45) is 10.9 Å². The van der Waals surface area contributed by atoms with Gasteiger partial charge in [0.05, 0.1) is 11.7 Å². The van der Waals surface area contributed by atoms with Gasteiger partial charge in [0, 0.05) is 28.4 Å². The van der Waals surface area contributed by atoms with E-state index in [-0.39, 0.29) is 6.04 Å². The maximum atomic E-state index is 6.17. The number of rotatable bonds is 6. The van der Waals surface area contributed by atoms with Crippen molar-refractivity contribution in [3.05, 3.63) is 113 Å². The molecule has 0 fully saturated rings. The molecule has 0 radical (unpaired) electrons. The third-order valence-electron chi connectivity index (χ3n) is 6.21. The van der Waals surface area contributed by atoms with Crippen LogP contribution in [0.2, 0.25) is 5.02 Å². The molecule has 3 aromatic rings. The molecule has 5 rings (SSSR count). The Morgan fingerprint density at radius 2 is 1.94 bits per heavy atom. The third-order valence-corrected chi connectivity index (χ3v) is 6.44. The zero-order valence-corrected chi connectivity index (χ0v) is 18.5. The molecule has 4 heteroatoms. The molecule has 0 bridgehead atoms. The van der Waals surface area contributed by atoms with E-state index in [0.717, 1.165) is 23.4 Å². The number of halogens is 1. The Kier molecular flexibility index (Phi) is 5.83. The van der Waals surface area contributed by atoms with E-state index in [1.54, 1.807) is 12.3 Å². The highest BCUT2D eigenvalue weighted by Crippen LogP contribution is 2.49. The molecule has 3 nitrogen and oxygen atoms in total. The van der Waals surface area contributed by atoms with E-state index >= 15 is 0 Å². The van der Waals surface area contributed by atoms with Crippen LogP contribution in [0.1, 0.15) is 35.1 Å². The Labute approximate surface area is 194 Å². The molecule has 32 heavy (non-hydrogen) atoms. The third kappa shape index (κ3) is 4.09. The Morgan fingerprint density at radius 1 is 1.09 bits per heavy atom. The number of fused-ring (bicyclic) bond motifs is 3. The van der Waals surface area contributed by atoms with E-state index in [1.807, 2.05) is 18.2 Å². The Balaban J connectivity index is 1.37. The number of benzene rings is 3. The number of aliphatic imine (C=N–C) groups is 1. The molecule has 1 heterocycles. The van der Waals surface area contributed by atoms with Crippen molar-refractivity contribution >= 4 is 29.2 Å². The lowest BCUT2D eigenvalue weighted by Crippen LogP contribution is -2.28. The molecule has 2 aliphatic rings. The van der Waals surface area contributed by atoms with Gasteiger partial charge in [0.1, 0.15) is 12.4 Å². The van der Waals surface area contributed by atoms with Crippen molar-refractivity contribution in [1.82, 2.24) is 0 Å². The van der Waals surface area contributed by atoms with Crippen LogP contribution in [0.15, 0.2) is 96.5 Å². The Morgan fingerprint density at radius 3 is 2.78 bits per heavy atom. The van der Waals surface area contributed by atoms with Gasteiger partial charge in [-0.1, -0.05) is 66.7 Å². The van der Waals surface area contributed by atoms with Crippen molar-refractivity contribution in [3.8, 4) is 5.75 Å². The van der Waals surface area contributed by atoms with E-state index in [2.05, 4.69) is 77.6 Å². The second kappa shape index (κ2) is 9.05. The van der Waals surface area contributed by atoms with Crippen molar-refractivity contribution in [2.75, 3.05) is 11.9 Å². The average molecular weight is 441 g/mol. The van der Waals surface area contributed by atoms with Crippen LogP contribution >= 0.6 is 11.6 Å². The van der Waals surface area contributed by atoms with E-state index < -0.39 is 0 Å². The van der Waals surface area contributed by atoms with Crippen molar-refractivity contribution in [2.45, 2.75) is 18.4 Å². The maximum absolute atomic E-state index is 6.17. The quantitative estimate of drug-likeness (QED) is 0.318. The van der Waals surface area contributed by atoms with Gasteiger partial charge in [-0.2, -0.15) is 0 Å². The van der Waals surface area contributed by atoms with Crippen LogP contribution in [0.3, 0.4) is 0 Å². The van der Waals surface area contributed by atoms with E-state index in [1.165, 1.54) is 16.8 Å². The first-order chi connectivity index (χ1) is 15.7. The van der Waals surface area contributed by atoms with Crippen LogP contribution in [0, 0.1) is 5.92 Å². The second-order valence-corrected chi connectivity index (χ2v) is 8.63. The number of allylic oxidation sites excluding steroid dienone is 2. The fourth-order valence-electron chi connectivity index (χ4n) is 4.69. The largest absolute Gasteiger partial charge is 0.489 e. The van der Waals surface area contributed by atoms with Gasteiger partial charge in [0.15, 0.2) is 0 Å². The fraction of sp³-hybridized carbons (Fsp3) is 0.179. The topological polar surface area (TPSA) is 33.6 Å². The summed E-state index contributed by atoms with van der Waals surface area (Å²) in [7, 11) is 0. The van der Waals surface area contributed by atoms with Crippen LogP contribution in [0.4, 0.5) is 11.4 Å². The van der Waals surface area contributed by atoms with Gasteiger partial charge in [0.25, 0.3) is 0 Å². The number of hydrogen-bond acceptors (Lipinski definition) is 3. The van der Waals surface area contributed by atoms with Gasteiger partial charge in [-0.3, -0.25) is 4.99 Å². The van der Waals surface area contributed by atoms with Crippen molar-refractivity contribution in [1.29, 1.82) is 0 Å².